The van der Waals surface area contributed by atoms with E-state index in [4.69, 9.17) is 0 Å². The number of carbonyl (C=O) groups is 2. The molecule has 1 aliphatic carbocycles. The molecule has 0 aromatic rings. The van der Waals surface area contributed by atoms with Gasteiger partial charge in [-0.25, -0.2) is 0 Å². The molecule has 3 atom stereocenters. The number of rotatable bonds is 8. The molecule has 4 nitrogen and oxygen atoms in total. The Hall–Kier alpha value is -1.16. The molecule has 0 amide bonds. The Balaban J connectivity index is 3.12. The molecule has 0 spiro atoms. The van der Waals surface area contributed by atoms with Crippen molar-refractivity contribution in [3.8, 4) is 0 Å². The van der Waals surface area contributed by atoms with Gasteiger partial charge in [-0.05, 0) is 31.1 Å². The van der Waals surface area contributed by atoms with Crippen LogP contribution in [0.15, 0.2) is 11.3 Å². The molecule has 138 valence electrons. The zero-order valence-corrected chi connectivity index (χ0v) is 16.0. The molecule has 24 heavy (non-hydrogen) atoms. The fraction of sp³-hybridized carbons (Fsp3) is 0.800. The van der Waals surface area contributed by atoms with Crippen LogP contribution in [-0.4, -0.2) is 27.9 Å². The SMILES string of the molecule is CC(C)CCC(O)C1C(=O)C(=C(O)C(C)C)C(=O)[C@H]1CCC(C)C. The summed E-state index contributed by atoms with van der Waals surface area (Å²) in [7, 11) is 0. The first-order valence-corrected chi connectivity index (χ1v) is 9.27. The van der Waals surface area contributed by atoms with Crippen LogP contribution in [0.3, 0.4) is 0 Å². The predicted molar refractivity (Wildman–Crippen MR) is 95.6 cm³/mol. The molecule has 0 aromatic carbocycles. The zero-order chi connectivity index (χ0) is 18.6. The van der Waals surface area contributed by atoms with Gasteiger partial charge in [0, 0.05) is 11.8 Å². The third-order valence-electron chi connectivity index (χ3n) is 4.88. The lowest BCUT2D eigenvalue weighted by Crippen LogP contribution is -2.31. The highest BCUT2D eigenvalue weighted by atomic mass is 16.3. The molecule has 1 rings (SSSR count). The van der Waals surface area contributed by atoms with E-state index >= 15 is 0 Å². The highest BCUT2D eigenvalue weighted by molar-refractivity contribution is 6.27. The van der Waals surface area contributed by atoms with Crippen molar-refractivity contribution < 1.29 is 19.8 Å². The Kier molecular flexibility index (Phi) is 7.65. The summed E-state index contributed by atoms with van der Waals surface area (Å²) in [6, 6.07) is 0. The van der Waals surface area contributed by atoms with Crippen molar-refractivity contribution in [3.05, 3.63) is 11.3 Å². The van der Waals surface area contributed by atoms with Crippen LogP contribution in [0.1, 0.15) is 67.2 Å². The van der Waals surface area contributed by atoms with Gasteiger partial charge in [-0.2, -0.15) is 0 Å². The number of allylic oxidation sites excluding steroid dienone is 2. The summed E-state index contributed by atoms with van der Waals surface area (Å²) in [5.74, 6) is -1.39. The van der Waals surface area contributed by atoms with Gasteiger partial charge in [0.1, 0.15) is 5.76 Å². The average Bonchev–Trinajstić information content (AvgIpc) is 2.72. The number of hydrogen-bond donors (Lipinski definition) is 2. The van der Waals surface area contributed by atoms with Gasteiger partial charge in [-0.15, -0.1) is 0 Å². The standard InChI is InChI=1S/C20H34O4/c1-11(2)7-9-14-16(15(21)10-8-12(3)4)20(24)17(19(14)23)18(22)13(5)6/h11-16,21-22H,7-10H2,1-6H3/t14-,15?,16?/m0/s1. The largest absolute Gasteiger partial charge is 0.511 e. The molecule has 0 aromatic heterocycles. The molecule has 0 heterocycles. The Bertz CT molecular complexity index is 488. The van der Waals surface area contributed by atoms with Crippen molar-refractivity contribution in [2.45, 2.75) is 73.3 Å². The molecule has 4 heteroatoms. The molecule has 1 aliphatic rings. The molecule has 0 saturated heterocycles. The van der Waals surface area contributed by atoms with E-state index in [1.54, 1.807) is 13.8 Å². The Morgan fingerprint density at radius 3 is 1.92 bits per heavy atom. The predicted octanol–water partition coefficient (Wildman–Crippen LogP) is 4.07. The van der Waals surface area contributed by atoms with Crippen LogP contribution in [0.4, 0.5) is 0 Å². The van der Waals surface area contributed by atoms with Crippen molar-refractivity contribution in [3.63, 3.8) is 0 Å². The lowest BCUT2D eigenvalue weighted by molar-refractivity contribution is -0.124. The van der Waals surface area contributed by atoms with E-state index in [0.29, 0.717) is 24.7 Å². The summed E-state index contributed by atoms with van der Waals surface area (Å²) in [6.45, 7) is 11.8. The van der Waals surface area contributed by atoms with Gasteiger partial charge in [0.2, 0.25) is 0 Å². The monoisotopic (exact) mass is 338 g/mol. The molecule has 1 saturated carbocycles. The van der Waals surface area contributed by atoms with Crippen molar-refractivity contribution >= 4 is 11.6 Å². The number of ketones is 2. The second kappa shape index (κ2) is 8.80. The third-order valence-corrected chi connectivity index (χ3v) is 4.88. The number of hydrogen-bond acceptors (Lipinski definition) is 4. The number of aliphatic hydroxyl groups is 2. The zero-order valence-electron chi connectivity index (χ0n) is 16.0. The number of Topliss-reactive ketones (excluding diaryl/α,β-unsaturated/α-hetero) is 2. The minimum atomic E-state index is -0.821. The van der Waals surface area contributed by atoms with Crippen molar-refractivity contribution in [2.24, 2.45) is 29.6 Å². The van der Waals surface area contributed by atoms with Crippen LogP contribution in [0.25, 0.3) is 0 Å². The summed E-state index contributed by atoms with van der Waals surface area (Å²) in [4.78, 5) is 25.6. The summed E-state index contributed by atoms with van der Waals surface area (Å²) >= 11 is 0. The molecular weight excluding hydrogens is 304 g/mol. The van der Waals surface area contributed by atoms with E-state index in [1.165, 1.54) is 0 Å². The lowest BCUT2D eigenvalue weighted by Gasteiger charge is -2.23. The smallest absolute Gasteiger partial charge is 0.176 e. The minimum absolute atomic E-state index is 0.0626. The van der Waals surface area contributed by atoms with E-state index in [0.717, 1.165) is 12.8 Å². The van der Waals surface area contributed by atoms with Crippen molar-refractivity contribution in [2.75, 3.05) is 0 Å². The second-order valence-electron chi connectivity index (χ2n) is 8.29. The summed E-state index contributed by atoms with van der Waals surface area (Å²) in [5, 5.41) is 20.8. The van der Waals surface area contributed by atoms with Gasteiger partial charge in [0.15, 0.2) is 11.6 Å². The van der Waals surface area contributed by atoms with E-state index in [2.05, 4.69) is 27.7 Å². The number of carbonyl (C=O) groups excluding carboxylic acids is 2. The Morgan fingerprint density at radius 1 is 0.917 bits per heavy atom. The maximum atomic E-state index is 12.8. The Labute approximate surface area is 146 Å². The average molecular weight is 338 g/mol. The van der Waals surface area contributed by atoms with E-state index < -0.39 is 17.9 Å². The molecule has 0 bridgehead atoms. The van der Waals surface area contributed by atoms with Crippen LogP contribution >= 0.6 is 0 Å². The fourth-order valence-corrected chi connectivity index (χ4v) is 3.31. The van der Waals surface area contributed by atoms with Crippen LogP contribution in [0, 0.1) is 29.6 Å². The number of aliphatic hydroxyl groups excluding tert-OH is 2. The molecule has 0 radical (unpaired) electrons. The maximum absolute atomic E-state index is 12.8. The van der Waals surface area contributed by atoms with Crippen molar-refractivity contribution in [1.29, 1.82) is 0 Å². The third kappa shape index (κ3) is 4.92. The van der Waals surface area contributed by atoms with Crippen LogP contribution < -0.4 is 0 Å². The highest BCUT2D eigenvalue weighted by Gasteiger charge is 2.49. The summed E-state index contributed by atoms with van der Waals surface area (Å²) in [5.41, 5.74) is -0.0626. The fourth-order valence-electron chi connectivity index (χ4n) is 3.31. The van der Waals surface area contributed by atoms with E-state index in [9.17, 15) is 19.8 Å². The molecule has 0 aliphatic heterocycles. The van der Waals surface area contributed by atoms with Crippen LogP contribution in [0.2, 0.25) is 0 Å². The highest BCUT2D eigenvalue weighted by Crippen LogP contribution is 2.39. The van der Waals surface area contributed by atoms with Gasteiger partial charge in [-0.1, -0.05) is 48.0 Å². The summed E-state index contributed by atoms with van der Waals surface area (Å²) < 4.78 is 0. The maximum Gasteiger partial charge on any atom is 0.176 e. The van der Waals surface area contributed by atoms with Crippen molar-refractivity contribution in [1.82, 2.24) is 0 Å². The van der Waals surface area contributed by atoms with E-state index in [-0.39, 0.29) is 28.8 Å². The normalized spacial score (nSPS) is 25.2. The van der Waals surface area contributed by atoms with Gasteiger partial charge in [-0.3, -0.25) is 9.59 Å². The summed E-state index contributed by atoms with van der Waals surface area (Å²) in [6.07, 6.45) is 1.91. The second-order valence-corrected chi connectivity index (χ2v) is 8.29. The molecule has 2 unspecified atom stereocenters. The van der Waals surface area contributed by atoms with Crippen LogP contribution in [0.5, 0.6) is 0 Å². The first-order chi connectivity index (χ1) is 11.1. The first-order valence-electron chi connectivity index (χ1n) is 9.27. The molecule has 2 N–H and O–H groups in total. The lowest BCUT2D eigenvalue weighted by atomic mass is 9.83. The van der Waals surface area contributed by atoms with Gasteiger partial charge >= 0.3 is 0 Å². The van der Waals surface area contributed by atoms with Gasteiger partial charge in [0.05, 0.1) is 17.6 Å². The van der Waals surface area contributed by atoms with E-state index in [1.807, 2.05) is 0 Å². The van der Waals surface area contributed by atoms with Crippen LogP contribution in [-0.2, 0) is 9.59 Å². The topological polar surface area (TPSA) is 74.6 Å². The molecule has 1 fully saturated rings. The molecular formula is C20H34O4. The van der Waals surface area contributed by atoms with Gasteiger partial charge < -0.3 is 10.2 Å². The van der Waals surface area contributed by atoms with Gasteiger partial charge in [0.25, 0.3) is 0 Å². The first kappa shape index (κ1) is 20.9. The quantitative estimate of drug-likeness (QED) is 0.397. The minimum Gasteiger partial charge on any atom is -0.511 e. The Morgan fingerprint density at radius 2 is 1.46 bits per heavy atom.